The lowest BCUT2D eigenvalue weighted by Crippen LogP contribution is -2.00. The molecule has 2 N–H and O–H groups in total. The summed E-state index contributed by atoms with van der Waals surface area (Å²) in [6, 6.07) is 14.1. The molecule has 0 unspecified atom stereocenters. The maximum absolute atomic E-state index is 9.35. The molecule has 2 rings (SSSR count). The minimum absolute atomic E-state index is 0.228. The fourth-order valence-electron chi connectivity index (χ4n) is 1.59. The molecule has 0 saturated heterocycles. The van der Waals surface area contributed by atoms with Crippen LogP contribution in [0.2, 0.25) is 5.02 Å². The second kappa shape index (κ2) is 5.44. The van der Waals surface area contributed by atoms with Crippen LogP contribution in [-0.2, 0) is 6.54 Å². The van der Waals surface area contributed by atoms with Crippen LogP contribution >= 0.6 is 11.6 Å². The molecule has 0 spiro atoms. The number of rotatable bonds is 3. The van der Waals surface area contributed by atoms with Gasteiger partial charge in [-0.15, -0.1) is 0 Å². The Hall–Kier alpha value is -2.18. The summed E-state index contributed by atoms with van der Waals surface area (Å²) in [5.74, 6) is 0.228. The van der Waals surface area contributed by atoms with E-state index in [4.69, 9.17) is 16.9 Å². The zero-order valence-corrected chi connectivity index (χ0v) is 10.3. The topological polar surface area (TPSA) is 56.0 Å². The highest BCUT2D eigenvalue weighted by atomic mass is 35.5. The van der Waals surface area contributed by atoms with Crippen molar-refractivity contribution >= 4 is 17.3 Å². The van der Waals surface area contributed by atoms with Gasteiger partial charge in [-0.2, -0.15) is 5.26 Å². The van der Waals surface area contributed by atoms with Crippen LogP contribution in [0, 0.1) is 11.3 Å². The molecule has 0 aliphatic carbocycles. The normalized spacial score (nSPS) is 9.78. The first-order chi connectivity index (χ1) is 8.69. The monoisotopic (exact) mass is 258 g/mol. The van der Waals surface area contributed by atoms with Gasteiger partial charge in [0, 0.05) is 6.54 Å². The van der Waals surface area contributed by atoms with E-state index in [0.717, 1.165) is 5.56 Å². The lowest BCUT2D eigenvalue weighted by Gasteiger charge is -2.09. The van der Waals surface area contributed by atoms with Crippen LogP contribution < -0.4 is 5.32 Å². The van der Waals surface area contributed by atoms with Gasteiger partial charge in [0.2, 0.25) is 0 Å². The Kier molecular flexibility index (Phi) is 3.71. The Bertz CT molecular complexity index is 605. The Morgan fingerprint density at radius 1 is 1.22 bits per heavy atom. The minimum atomic E-state index is 0.228. The first-order valence-corrected chi connectivity index (χ1v) is 5.78. The van der Waals surface area contributed by atoms with Gasteiger partial charge < -0.3 is 10.4 Å². The molecule has 0 aromatic heterocycles. The van der Waals surface area contributed by atoms with Crippen molar-refractivity contribution in [2.24, 2.45) is 0 Å². The SMILES string of the molecule is N#Cc1ccc(Cl)c(NCc2cccc(O)c2)c1. The number of nitriles is 1. The van der Waals surface area contributed by atoms with E-state index in [0.29, 0.717) is 22.8 Å². The summed E-state index contributed by atoms with van der Waals surface area (Å²) in [4.78, 5) is 0. The molecule has 18 heavy (non-hydrogen) atoms. The van der Waals surface area contributed by atoms with Crippen molar-refractivity contribution in [3.05, 3.63) is 58.6 Å². The summed E-state index contributed by atoms with van der Waals surface area (Å²) in [5, 5.41) is 21.9. The molecule has 4 heteroatoms. The van der Waals surface area contributed by atoms with Gasteiger partial charge in [0.1, 0.15) is 5.75 Å². The van der Waals surface area contributed by atoms with E-state index in [-0.39, 0.29) is 5.75 Å². The second-order valence-corrected chi connectivity index (χ2v) is 4.24. The van der Waals surface area contributed by atoms with E-state index < -0.39 is 0 Å². The first kappa shape index (κ1) is 12.3. The number of aromatic hydroxyl groups is 1. The van der Waals surface area contributed by atoms with Crippen molar-refractivity contribution in [2.75, 3.05) is 5.32 Å². The lowest BCUT2D eigenvalue weighted by molar-refractivity contribution is 0.474. The van der Waals surface area contributed by atoms with Crippen LogP contribution in [0.15, 0.2) is 42.5 Å². The maximum atomic E-state index is 9.35. The van der Waals surface area contributed by atoms with Crippen LogP contribution in [0.3, 0.4) is 0 Å². The second-order valence-electron chi connectivity index (χ2n) is 3.83. The fraction of sp³-hybridized carbons (Fsp3) is 0.0714. The van der Waals surface area contributed by atoms with E-state index in [1.54, 1.807) is 36.4 Å². The number of hydrogen-bond donors (Lipinski definition) is 2. The number of nitrogens with zero attached hydrogens (tertiary/aromatic N) is 1. The van der Waals surface area contributed by atoms with Gasteiger partial charge in [-0.05, 0) is 35.9 Å². The summed E-state index contributed by atoms with van der Waals surface area (Å²) in [7, 11) is 0. The average molecular weight is 259 g/mol. The molecule has 0 bridgehead atoms. The van der Waals surface area contributed by atoms with Crippen LogP contribution in [0.25, 0.3) is 0 Å². The van der Waals surface area contributed by atoms with Crippen LogP contribution in [0.4, 0.5) is 5.69 Å². The molecule has 0 amide bonds. The Morgan fingerprint density at radius 3 is 2.78 bits per heavy atom. The highest BCUT2D eigenvalue weighted by Gasteiger charge is 2.02. The Morgan fingerprint density at radius 2 is 2.06 bits per heavy atom. The van der Waals surface area contributed by atoms with Crippen molar-refractivity contribution in [1.82, 2.24) is 0 Å². The van der Waals surface area contributed by atoms with E-state index in [2.05, 4.69) is 11.4 Å². The molecule has 0 radical (unpaired) electrons. The van der Waals surface area contributed by atoms with Crippen LogP contribution in [0.1, 0.15) is 11.1 Å². The lowest BCUT2D eigenvalue weighted by atomic mass is 10.2. The highest BCUT2D eigenvalue weighted by molar-refractivity contribution is 6.33. The minimum Gasteiger partial charge on any atom is -0.508 e. The predicted octanol–water partition coefficient (Wildman–Crippen LogP) is 3.53. The summed E-state index contributed by atoms with van der Waals surface area (Å²) >= 11 is 6.03. The van der Waals surface area contributed by atoms with Crippen LogP contribution in [0.5, 0.6) is 5.75 Å². The van der Waals surface area contributed by atoms with E-state index >= 15 is 0 Å². The number of nitrogens with one attached hydrogen (secondary N) is 1. The summed E-state index contributed by atoms with van der Waals surface area (Å²) < 4.78 is 0. The Balaban J connectivity index is 2.13. The molecule has 0 aliphatic rings. The van der Waals surface area contributed by atoms with Gasteiger partial charge in [0.05, 0.1) is 22.3 Å². The van der Waals surface area contributed by atoms with Crippen LogP contribution in [-0.4, -0.2) is 5.11 Å². The Labute approximate surface area is 110 Å². The van der Waals surface area contributed by atoms with Gasteiger partial charge in [0.25, 0.3) is 0 Å². The molecule has 0 saturated carbocycles. The number of phenols is 1. The van der Waals surface area contributed by atoms with Crippen molar-refractivity contribution in [3.63, 3.8) is 0 Å². The zero-order chi connectivity index (χ0) is 13.0. The van der Waals surface area contributed by atoms with E-state index in [9.17, 15) is 5.11 Å². The van der Waals surface area contributed by atoms with E-state index in [1.807, 2.05) is 6.07 Å². The van der Waals surface area contributed by atoms with E-state index in [1.165, 1.54) is 0 Å². The third-order valence-corrected chi connectivity index (χ3v) is 2.82. The van der Waals surface area contributed by atoms with Gasteiger partial charge in [-0.25, -0.2) is 0 Å². The summed E-state index contributed by atoms with van der Waals surface area (Å²) in [5.41, 5.74) is 2.20. The average Bonchev–Trinajstić information content (AvgIpc) is 2.38. The third kappa shape index (κ3) is 2.93. The molecule has 0 atom stereocenters. The molecule has 0 heterocycles. The fourth-order valence-corrected chi connectivity index (χ4v) is 1.78. The van der Waals surface area contributed by atoms with Gasteiger partial charge in [-0.3, -0.25) is 0 Å². The standard InChI is InChI=1S/C14H11ClN2O/c15-13-5-4-10(8-16)7-14(13)17-9-11-2-1-3-12(18)6-11/h1-7,17-18H,9H2. The molecule has 0 fully saturated rings. The molecule has 3 nitrogen and oxygen atoms in total. The van der Waals surface area contributed by atoms with Crippen molar-refractivity contribution in [3.8, 4) is 11.8 Å². The molecule has 0 aliphatic heterocycles. The quantitative estimate of drug-likeness (QED) is 0.886. The summed E-state index contributed by atoms with van der Waals surface area (Å²) in [6.07, 6.45) is 0. The number of phenolic OH excluding ortho intramolecular Hbond substituents is 1. The van der Waals surface area contributed by atoms with Crippen molar-refractivity contribution in [2.45, 2.75) is 6.54 Å². The van der Waals surface area contributed by atoms with Crippen molar-refractivity contribution < 1.29 is 5.11 Å². The van der Waals surface area contributed by atoms with Crippen molar-refractivity contribution in [1.29, 1.82) is 5.26 Å². The maximum Gasteiger partial charge on any atom is 0.115 e. The highest BCUT2D eigenvalue weighted by Crippen LogP contribution is 2.23. The zero-order valence-electron chi connectivity index (χ0n) is 9.52. The molecule has 90 valence electrons. The predicted molar refractivity (Wildman–Crippen MR) is 71.6 cm³/mol. The third-order valence-electron chi connectivity index (χ3n) is 2.49. The number of hydrogen-bond acceptors (Lipinski definition) is 3. The van der Waals surface area contributed by atoms with Gasteiger partial charge in [-0.1, -0.05) is 23.7 Å². The molecular formula is C14H11ClN2O. The summed E-state index contributed by atoms with van der Waals surface area (Å²) in [6.45, 7) is 0.531. The largest absolute Gasteiger partial charge is 0.508 e. The van der Waals surface area contributed by atoms with Gasteiger partial charge in [0.15, 0.2) is 0 Å². The first-order valence-electron chi connectivity index (χ1n) is 5.40. The molecule has 2 aromatic carbocycles. The molecular weight excluding hydrogens is 248 g/mol. The molecule has 2 aromatic rings. The number of halogens is 1. The smallest absolute Gasteiger partial charge is 0.115 e. The number of anilines is 1. The number of benzene rings is 2. The van der Waals surface area contributed by atoms with Gasteiger partial charge >= 0.3 is 0 Å².